The second-order valence-electron chi connectivity index (χ2n) is 14.8. The van der Waals surface area contributed by atoms with Crippen LogP contribution in [0.25, 0.3) is 0 Å². The molecule has 0 aromatic heterocycles. The molecule has 2 N–H and O–H groups in total. The molecule has 0 aliphatic carbocycles. The number of benzene rings is 2. The van der Waals surface area contributed by atoms with Crippen molar-refractivity contribution in [3.8, 4) is 11.5 Å². The van der Waals surface area contributed by atoms with E-state index >= 15 is 0 Å². The third kappa shape index (κ3) is 7.62. The fraction of sp³-hybridized carbons (Fsp3) is 0.676. The number of aromatic hydroxyl groups is 2. The average Bonchev–Trinajstić information content (AvgIpc) is 2.80. The summed E-state index contributed by atoms with van der Waals surface area (Å²) in [6, 6.07) is 9.04. The van der Waals surface area contributed by atoms with Crippen molar-refractivity contribution in [3.05, 3.63) is 57.6 Å². The molecule has 0 atom stereocenters. The van der Waals surface area contributed by atoms with Crippen molar-refractivity contribution < 1.29 is 10.2 Å². The van der Waals surface area contributed by atoms with Crippen LogP contribution in [0.1, 0.15) is 168 Å². The van der Waals surface area contributed by atoms with E-state index in [-0.39, 0.29) is 21.7 Å². The highest BCUT2D eigenvalue weighted by Crippen LogP contribution is 2.46. The third-order valence-electron chi connectivity index (χ3n) is 9.16. The summed E-state index contributed by atoms with van der Waals surface area (Å²) in [6.07, 6.45) is 9.21. The van der Waals surface area contributed by atoms with Gasteiger partial charge in [0, 0.05) is 22.3 Å². The Morgan fingerprint density at radius 3 is 0.821 bits per heavy atom. The summed E-state index contributed by atoms with van der Waals surface area (Å²) in [5.41, 5.74) is 6.33. The molecule has 0 aliphatic heterocycles. The first-order chi connectivity index (χ1) is 18.0. The summed E-state index contributed by atoms with van der Waals surface area (Å²) in [5.74, 6) is 0.965. The minimum Gasteiger partial charge on any atom is -0.507 e. The van der Waals surface area contributed by atoms with Crippen molar-refractivity contribution in [3.63, 3.8) is 0 Å². The summed E-state index contributed by atoms with van der Waals surface area (Å²) >= 11 is 0. The van der Waals surface area contributed by atoms with Gasteiger partial charge in [-0.1, -0.05) is 133 Å². The third-order valence-corrected chi connectivity index (χ3v) is 9.16. The van der Waals surface area contributed by atoms with Crippen LogP contribution in [0.3, 0.4) is 0 Å². The van der Waals surface area contributed by atoms with Gasteiger partial charge in [-0.25, -0.2) is 0 Å². The second kappa shape index (κ2) is 12.7. The summed E-state index contributed by atoms with van der Waals surface area (Å²) in [4.78, 5) is 0. The van der Waals surface area contributed by atoms with E-state index in [0.29, 0.717) is 11.5 Å². The van der Waals surface area contributed by atoms with Crippen LogP contribution in [-0.2, 0) is 28.1 Å². The van der Waals surface area contributed by atoms with E-state index in [9.17, 15) is 10.2 Å². The van der Waals surface area contributed by atoms with Crippen molar-refractivity contribution in [1.29, 1.82) is 0 Å². The predicted octanol–water partition coefficient (Wildman–Crippen LogP) is 11.0. The molecule has 0 saturated carbocycles. The predicted molar refractivity (Wildman–Crippen MR) is 171 cm³/mol. The molecule has 0 saturated heterocycles. The van der Waals surface area contributed by atoms with Gasteiger partial charge in [-0.15, -0.1) is 0 Å². The molecule has 2 rings (SSSR count). The zero-order valence-corrected chi connectivity index (χ0v) is 27.6. The maximum absolute atomic E-state index is 11.6. The number of phenolic OH excluding ortho intramolecular Hbond substituents is 2. The molecule has 0 amide bonds. The molecule has 2 heteroatoms. The first kappa shape index (κ1) is 33.2. The molecule has 220 valence electrons. The van der Waals surface area contributed by atoms with E-state index in [2.05, 4.69) is 107 Å². The van der Waals surface area contributed by atoms with Gasteiger partial charge < -0.3 is 10.2 Å². The van der Waals surface area contributed by atoms with E-state index in [1.165, 1.54) is 11.1 Å². The summed E-state index contributed by atoms with van der Waals surface area (Å²) in [7, 11) is 0. The Balaban J connectivity index is 2.82. The van der Waals surface area contributed by atoms with Crippen molar-refractivity contribution >= 4 is 0 Å². The Hall–Kier alpha value is -1.96. The molecule has 0 heterocycles. The number of hydrogen-bond donors (Lipinski definition) is 2. The second-order valence-corrected chi connectivity index (χ2v) is 14.8. The first-order valence-corrected chi connectivity index (χ1v) is 15.7. The van der Waals surface area contributed by atoms with E-state index < -0.39 is 0 Å². The van der Waals surface area contributed by atoms with Crippen molar-refractivity contribution in [1.82, 2.24) is 0 Å². The normalized spacial score (nSPS) is 13.2. The molecule has 0 fully saturated rings. The van der Waals surface area contributed by atoms with E-state index in [1.54, 1.807) is 0 Å². The van der Waals surface area contributed by atoms with Crippen LogP contribution in [0.4, 0.5) is 0 Å². The van der Waals surface area contributed by atoms with Gasteiger partial charge in [0.15, 0.2) is 0 Å². The smallest absolute Gasteiger partial charge is 0.123 e. The Bertz CT molecular complexity index is 935. The number of hydrogen-bond acceptors (Lipinski definition) is 2. The molecule has 39 heavy (non-hydrogen) atoms. The van der Waals surface area contributed by atoms with Gasteiger partial charge in [0.2, 0.25) is 0 Å². The minimum atomic E-state index is -0.108. The molecular formula is C37H60O2. The molecule has 0 spiro atoms. The zero-order valence-electron chi connectivity index (χ0n) is 27.6. The van der Waals surface area contributed by atoms with Gasteiger partial charge in [-0.2, -0.15) is 0 Å². The van der Waals surface area contributed by atoms with Gasteiger partial charge in [0.25, 0.3) is 0 Å². The van der Waals surface area contributed by atoms with Gasteiger partial charge in [-0.3, -0.25) is 0 Å². The van der Waals surface area contributed by atoms with Crippen LogP contribution in [-0.4, -0.2) is 10.2 Å². The lowest BCUT2D eigenvalue weighted by molar-refractivity contribution is 0.388. The Morgan fingerprint density at radius 1 is 0.436 bits per heavy atom. The van der Waals surface area contributed by atoms with Crippen LogP contribution < -0.4 is 0 Å². The topological polar surface area (TPSA) is 40.5 Å². The molecule has 0 unspecified atom stereocenters. The number of rotatable bonds is 14. The van der Waals surface area contributed by atoms with Crippen molar-refractivity contribution in [2.24, 2.45) is 0 Å². The maximum Gasteiger partial charge on any atom is 0.123 e. The van der Waals surface area contributed by atoms with Crippen molar-refractivity contribution in [2.45, 2.75) is 163 Å². The molecule has 0 radical (unpaired) electrons. The van der Waals surface area contributed by atoms with Gasteiger partial charge in [0.1, 0.15) is 11.5 Å². The summed E-state index contributed by atoms with van der Waals surface area (Å²) in [5, 5.41) is 23.3. The molecule has 2 aromatic rings. The lowest BCUT2D eigenvalue weighted by Gasteiger charge is -2.33. The van der Waals surface area contributed by atoms with Crippen LogP contribution in [0, 0.1) is 0 Å². The maximum atomic E-state index is 11.6. The molecule has 0 bridgehead atoms. The van der Waals surface area contributed by atoms with E-state index in [4.69, 9.17) is 0 Å². The molecule has 2 nitrogen and oxygen atoms in total. The van der Waals surface area contributed by atoms with Gasteiger partial charge >= 0.3 is 0 Å². The van der Waals surface area contributed by atoms with Crippen LogP contribution in [0.15, 0.2) is 24.3 Å². The number of phenols is 2. The highest BCUT2D eigenvalue weighted by Gasteiger charge is 2.33. The van der Waals surface area contributed by atoms with Crippen LogP contribution in [0.5, 0.6) is 11.5 Å². The Kier molecular flexibility index (Phi) is 10.8. The fourth-order valence-electron chi connectivity index (χ4n) is 6.93. The van der Waals surface area contributed by atoms with Crippen LogP contribution in [0.2, 0.25) is 0 Å². The fourth-order valence-corrected chi connectivity index (χ4v) is 6.93. The van der Waals surface area contributed by atoms with Gasteiger partial charge in [-0.05, 0) is 64.9 Å². The van der Waals surface area contributed by atoms with Gasteiger partial charge in [0.05, 0.1) is 0 Å². The van der Waals surface area contributed by atoms with E-state index in [1.807, 2.05) is 0 Å². The minimum absolute atomic E-state index is 0.108. The van der Waals surface area contributed by atoms with Crippen molar-refractivity contribution in [2.75, 3.05) is 0 Å². The summed E-state index contributed by atoms with van der Waals surface area (Å²) < 4.78 is 0. The lowest BCUT2D eigenvalue weighted by atomic mass is 9.72. The summed E-state index contributed by atoms with van der Waals surface area (Å²) in [6.45, 7) is 27.0. The molecular weight excluding hydrogens is 476 g/mol. The Labute approximate surface area is 241 Å². The van der Waals surface area contributed by atoms with Crippen LogP contribution >= 0.6 is 0 Å². The monoisotopic (exact) mass is 536 g/mol. The standard InChI is InChI=1S/C37H60O2/c1-13-17-34(5,6)28-22-26(23-29(32(28)38)35(7,8)18-14-2)21-27-24-30(36(9,10)19-15-3)33(39)31(25-27)37(11,12)20-16-4/h22-25,38-39H,13-21H2,1-12H3. The van der Waals surface area contributed by atoms with E-state index in [0.717, 1.165) is 80.0 Å². The average molecular weight is 537 g/mol. The quantitative estimate of drug-likeness (QED) is 0.252. The zero-order chi connectivity index (χ0) is 29.8. The molecule has 2 aromatic carbocycles. The highest BCUT2D eigenvalue weighted by atomic mass is 16.3. The first-order valence-electron chi connectivity index (χ1n) is 15.7. The molecule has 0 aliphatic rings. The lowest BCUT2D eigenvalue weighted by Crippen LogP contribution is -2.23. The Morgan fingerprint density at radius 2 is 0.641 bits per heavy atom. The highest BCUT2D eigenvalue weighted by molar-refractivity contribution is 5.54. The largest absolute Gasteiger partial charge is 0.507 e. The SMILES string of the molecule is CCCC(C)(C)c1cc(Cc2cc(C(C)(C)CCC)c(O)c(C(C)(C)CCC)c2)cc(C(C)(C)CCC)c1O.